The van der Waals surface area contributed by atoms with Crippen LogP contribution in [-0.2, 0) is 17.8 Å². The minimum atomic E-state index is -0.0962. The minimum Gasteiger partial charge on any atom is -0.353 e. The van der Waals surface area contributed by atoms with E-state index in [0.717, 1.165) is 45.6 Å². The molecule has 0 saturated heterocycles. The van der Waals surface area contributed by atoms with Crippen molar-refractivity contribution in [1.29, 1.82) is 0 Å². The van der Waals surface area contributed by atoms with Gasteiger partial charge in [0.25, 0.3) is 0 Å². The number of nitrogens with one attached hydrogen (secondary N) is 2. The van der Waals surface area contributed by atoms with E-state index in [1.807, 2.05) is 12.1 Å². The molecule has 1 unspecified atom stereocenters. The van der Waals surface area contributed by atoms with Crippen LogP contribution in [0.25, 0.3) is 0 Å². The van der Waals surface area contributed by atoms with Gasteiger partial charge in [0, 0.05) is 19.6 Å². The third kappa shape index (κ3) is 6.68. The lowest BCUT2D eigenvalue weighted by molar-refractivity contribution is -0.123. The van der Waals surface area contributed by atoms with E-state index in [4.69, 9.17) is 0 Å². The zero-order valence-corrected chi connectivity index (χ0v) is 15.6. The quantitative estimate of drug-likeness (QED) is 0.783. The molecule has 1 aliphatic rings. The Morgan fingerprint density at radius 3 is 2.57 bits per heavy atom. The fourth-order valence-electron chi connectivity index (χ4n) is 2.84. The van der Waals surface area contributed by atoms with Crippen molar-refractivity contribution in [1.82, 2.24) is 15.5 Å². The lowest BCUT2D eigenvalue weighted by atomic mass is 9.95. The minimum absolute atomic E-state index is 0. The normalized spacial score (nSPS) is 16.0. The summed E-state index contributed by atoms with van der Waals surface area (Å²) in [5, 5.41) is 6.39. The number of fused-ring (bicyclic) bond motifs is 1. The van der Waals surface area contributed by atoms with Crippen molar-refractivity contribution in [3.05, 3.63) is 35.4 Å². The molecule has 2 rings (SSSR count). The fourth-order valence-corrected chi connectivity index (χ4v) is 2.84. The second kappa shape index (κ2) is 11.7. The van der Waals surface area contributed by atoms with E-state index in [0.29, 0.717) is 0 Å². The number of carbonyl (C=O) groups excluding carboxylic acids is 1. The highest BCUT2D eigenvalue weighted by molar-refractivity contribution is 5.85. The maximum absolute atomic E-state index is 12.2. The van der Waals surface area contributed by atoms with Crippen molar-refractivity contribution in [2.75, 3.05) is 26.2 Å². The van der Waals surface area contributed by atoms with Gasteiger partial charge in [-0.25, -0.2) is 0 Å². The molecule has 0 fully saturated rings. The molecule has 4 nitrogen and oxygen atoms in total. The molecular formula is C17H29Cl2N3O. The van der Waals surface area contributed by atoms with Gasteiger partial charge in [0.15, 0.2) is 0 Å². The summed E-state index contributed by atoms with van der Waals surface area (Å²) in [6.45, 7) is 8.93. The van der Waals surface area contributed by atoms with E-state index in [-0.39, 0.29) is 36.8 Å². The summed E-state index contributed by atoms with van der Waals surface area (Å²) >= 11 is 0. The van der Waals surface area contributed by atoms with Gasteiger partial charge in [-0.05, 0) is 37.1 Å². The first-order valence-electron chi connectivity index (χ1n) is 8.04. The number of nitrogens with zero attached hydrogens (tertiary/aromatic N) is 1. The number of hydrogen-bond donors (Lipinski definition) is 2. The zero-order valence-electron chi connectivity index (χ0n) is 14.0. The first-order valence-corrected chi connectivity index (χ1v) is 8.04. The average Bonchev–Trinajstić information content (AvgIpc) is 2.53. The number of hydrogen-bond acceptors (Lipinski definition) is 3. The van der Waals surface area contributed by atoms with Crippen molar-refractivity contribution in [3.8, 4) is 0 Å². The third-order valence-corrected chi connectivity index (χ3v) is 4.11. The monoisotopic (exact) mass is 361 g/mol. The largest absolute Gasteiger partial charge is 0.353 e. The topological polar surface area (TPSA) is 44.4 Å². The Balaban J connectivity index is 0.00000242. The molecular weight excluding hydrogens is 333 g/mol. The van der Waals surface area contributed by atoms with Crippen LogP contribution in [0.15, 0.2) is 24.3 Å². The van der Waals surface area contributed by atoms with Crippen LogP contribution in [0.4, 0.5) is 0 Å². The zero-order chi connectivity index (χ0) is 15.1. The smallest absolute Gasteiger partial charge is 0.237 e. The number of likely N-dealkylation sites (N-methyl/N-ethyl adjacent to an activating group) is 1. The van der Waals surface area contributed by atoms with Crippen LogP contribution in [0, 0.1) is 0 Å². The standard InChI is InChI=1S/C17H27N3O.2ClH/c1-3-10-20(4-2)11-9-18-17(21)16-12-14-7-5-6-8-15(14)13-19-16;;/h5-8,16,19H,3-4,9-13H2,1-2H3,(H,18,21);2*1H. The van der Waals surface area contributed by atoms with Crippen molar-refractivity contribution in [2.45, 2.75) is 39.3 Å². The molecule has 6 heteroatoms. The van der Waals surface area contributed by atoms with Crippen molar-refractivity contribution < 1.29 is 4.79 Å². The summed E-state index contributed by atoms with van der Waals surface area (Å²) in [4.78, 5) is 14.6. The summed E-state index contributed by atoms with van der Waals surface area (Å²) in [6, 6.07) is 8.24. The lowest BCUT2D eigenvalue weighted by Crippen LogP contribution is -2.49. The molecule has 1 aromatic carbocycles. The summed E-state index contributed by atoms with van der Waals surface area (Å²) in [5.74, 6) is 0.122. The fraction of sp³-hybridized carbons (Fsp3) is 0.588. The lowest BCUT2D eigenvalue weighted by Gasteiger charge is -2.26. The molecule has 0 bridgehead atoms. The number of rotatable bonds is 7. The highest BCUT2D eigenvalue weighted by Crippen LogP contribution is 2.16. The Morgan fingerprint density at radius 2 is 1.91 bits per heavy atom. The molecule has 2 N–H and O–H groups in total. The number of halogens is 2. The van der Waals surface area contributed by atoms with Crippen LogP contribution in [0.1, 0.15) is 31.4 Å². The first kappa shape index (κ1) is 22.2. The Morgan fingerprint density at radius 1 is 1.22 bits per heavy atom. The molecule has 23 heavy (non-hydrogen) atoms. The highest BCUT2D eigenvalue weighted by atomic mass is 35.5. The number of amides is 1. The maximum atomic E-state index is 12.2. The van der Waals surface area contributed by atoms with E-state index in [1.54, 1.807) is 0 Å². The van der Waals surface area contributed by atoms with E-state index in [1.165, 1.54) is 11.1 Å². The van der Waals surface area contributed by atoms with Crippen LogP contribution in [-0.4, -0.2) is 43.0 Å². The summed E-state index contributed by atoms with van der Waals surface area (Å²) in [5.41, 5.74) is 2.60. The second-order valence-corrected chi connectivity index (χ2v) is 5.63. The molecule has 0 spiro atoms. The number of benzene rings is 1. The van der Waals surface area contributed by atoms with Gasteiger partial charge in [-0.1, -0.05) is 38.1 Å². The van der Waals surface area contributed by atoms with Crippen LogP contribution in [0.5, 0.6) is 0 Å². The van der Waals surface area contributed by atoms with Gasteiger partial charge in [0.1, 0.15) is 0 Å². The Kier molecular flexibility index (Phi) is 11.3. The molecule has 0 aromatic heterocycles. The summed E-state index contributed by atoms with van der Waals surface area (Å²) in [6.07, 6.45) is 1.94. The molecule has 132 valence electrons. The molecule has 0 aliphatic carbocycles. The van der Waals surface area contributed by atoms with Crippen molar-refractivity contribution in [2.24, 2.45) is 0 Å². The van der Waals surface area contributed by atoms with Crippen LogP contribution >= 0.6 is 24.8 Å². The van der Waals surface area contributed by atoms with E-state index < -0.39 is 0 Å². The molecule has 1 aromatic rings. The first-order chi connectivity index (χ1) is 10.2. The summed E-state index contributed by atoms with van der Waals surface area (Å²) in [7, 11) is 0. The Labute approximate surface area is 152 Å². The molecule has 0 saturated carbocycles. The highest BCUT2D eigenvalue weighted by Gasteiger charge is 2.23. The van der Waals surface area contributed by atoms with Gasteiger partial charge in [0.2, 0.25) is 5.91 Å². The van der Waals surface area contributed by atoms with Crippen LogP contribution in [0.3, 0.4) is 0 Å². The maximum Gasteiger partial charge on any atom is 0.237 e. The van der Waals surface area contributed by atoms with Crippen LogP contribution in [0.2, 0.25) is 0 Å². The van der Waals surface area contributed by atoms with Gasteiger partial charge in [-0.2, -0.15) is 0 Å². The molecule has 1 aliphatic heterocycles. The van der Waals surface area contributed by atoms with Crippen LogP contribution < -0.4 is 10.6 Å². The third-order valence-electron chi connectivity index (χ3n) is 4.11. The van der Waals surface area contributed by atoms with Gasteiger partial charge in [0.05, 0.1) is 6.04 Å². The van der Waals surface area contributed by atoms with Gasteiger partial charge in [-0.15, -0.1) is 24.8 Å². The SMILES string of the molecule is CCCN(CC)CCNC(=O)C1Cc2ccccc2CN1.Cl.Cl. The summed E-state index contributed by atoms with van der Waals surface area (Å²) < 4.78 is 0. The Hall–Kier alpha value is -0.810. The average molecular weight is 362 g/mol. The second-order valence-electron chi connectivity index (χ2n) is 5.63. The van der Waals surface area contributed by atoms with Crippen molar-refractivity contribution >= 4 is 30.7 Å². The molecule has 1 atom stereocenters. The van der Waals surface area contributed by atoms with E-state index in [9.17, 15) is 4.79 Å². The molecule has 1 amide bonds. The van der Waals surface area contributed by atoms with Crippen molar-refractivity contribution in [3.63, 3.8) is 0 Å². The van der Waals surface area contributed by atoms with Gasteiger partial charge in [-0.3, -0.25) is 4.79 Å². The van der Waals surface area contributed by atoms with E-state index in [2.05, 4.69) is 41.5 Å². The van der Waals surface area contributed by atoms with Gasteiger partial charge < -0.3 is 15.5 Å². The Bertz CT molecular complexity index is 471. The predicted octanol–water partition coefficient (Wildman–Crippen LogP) is 2.39. The van der Waals surface area contributed by atoms with Gasteiger partial charge >= 0.3 is 0 Å². The molecule has 1 heterocycles. The predicted molar refractivity (Wildman–Crippen MR) is 101 cm³/mol. The molecule has 0 radical (unpaired) electrons. The van der Waals surface area contributed by atoms with E-state index >= 15 is 0 Å². The number of carbonyl (C=O) groups is 1.